The van der Waals surface area contributed by atoms with E-state index in [0.29, 0.717) is 12.1 Å². The standard InChI is InChI=1S/C38H35NO4S/c40-25-27-14-16-30(17-15-27)36-23-34(26-44-35-12-5-2-6-13-35)42-38(43-36)32-20-18-29(19-21-32)33-11-7-8-28(22-33)24-39-37(41)31-9-3-1-4-10-31/h1-22,34,36,38,40H,23-26H2,(H,39,41). The Morgan fingerprint density at radius 3 is 2.16 bits per heavy atom. The van der Waals surface area contributed by atoms with Gasteiger partial charge in [-0.15, -0.1) is 11.8 Å². The van der Waals surface area contributed by atoms with Crippen molar-refractivity contribution in [1.82, 2.24) is 5.32 Å². The number of rotatable bonds is 10. The molecule has 5 aromatic carbocycles. The molecular formula is C38H35NO4S. The summed E-state index contributed by atoms with van der Waals surface area (Å²) in [5, 5.41) is 12.5. The van der Waals surface area contributed by atoms with Crippen LogP contribution in [0.1, 0.15) is 51.4 Å². The van der Waals surface area contributed by atoms with E-state index in [-0.39, 0.29) is 24.7 Å². The minimum Gasteiger partial charge on any atom is -0.392 e. The van der Waals surface area contributed by atoms with Crippen LogP contribution in [0.15, 0.2) is 138 Å². The van der Waals surface area contributed by atoms with Crippen LogP contribution >= 0.6 is 11.8 Å². The summed E-state index contributed by atoms with van der Waals surface area (Å²) in [5.41, 5.74) is 6.76. The number of nitrogens with one attached hydrogen (secondary N) is 1. The van der Waals surface area contributed by atoms with Crippen LogP contribution in [0.25, 0.3) is 11.1 Å². The monoisotopic (exact) mass is 601 g/mol. The summed E-state index contributed by atoms with van der Waals surface area (Å²) in [6.07, 6.45) is 0.135. The van der Waals surface area contributed by atoms with E-state index in [0.717, 1.165) is 45.6 Å². The minimum absolute atomic E-state index is 0.00364. The highest BCUT2D eigenvalue weighted by Gasteiger charge is 2.32. The second-order valence-corrected chi connectivity index (χ2v) is 11.9. The number of ether oxygens (including phenoxy) is 2. The molecule has 222 valence electrons. The molecular weight excluding hydrogens is 566 g/mol. The summed E-state index contributed by atoms with van der Waals surface area (Å²) >= 11 is 1.79. The SMILES string of the molecule is O=C(NCc1cccc(-c2ccc(C3OC(CSc4ccccc4)CC(c4ccc(CO)cc4)O3)cc2)c1)c1ccccc1. The molecule has 0 aliphatic carbocycles. The van der Waals surface area contributed by atoms with Crippen LogP contribution in [0.2, 0.25) is 0 Å². The van der Waals surface area contributed by atoms with E-state index in [1.54, 1.807) is 11.8 Å². The molecule has 1 amide bonds. The van der Waals surface area contributed by atoms with E-state index in [4.69, 9.17) is 9.47 Å². The Morgan fingerprint density at radius 2 is 1.43 bits per heavy atom. The third kappa shape index (κ3) is 7.65. The fraction of sp³-hybridized carbons (Fsp3) is 0.184. The topological polar surface area (TPSA) is 67.8 Å². The molecule has 5 nitrogen and oxygen atoms in total. The van der Waals surface area contributed by atoms with Crippen molar-refractivity contribution in [2.75, 3.05) is 5.75 Å². The number of aliphatic hydroxyl groups is 1. The molecule has 5 aromatic rings. The van der Waals surface area contributed by atoms with Crippen molar-refractivity contribution in [2.45, 2.75) is 43.0 Å². The number of amides is 1. The van der Waals surface area contributed by atoms with E-state index >= 15 is 0 Å². The zero-order chi connectivity index (χ0) is 30.1. The number of thioether (sulfide) groups is 1. The normalized spacial score (nSPS) is 18.1. The Hall–Kier alpha value is -4.20. The lowest BCUT2D eigenvalue weighted by atomic mass is 9.99. The quantitative estimate of drug-likeness (QED) is 0.158. The Kier molecular flexibility index (Phi) is 9.85. The zero-order valence-corrected chi connectivity index (χ0v) is 25.2. The highest BCUT2D eigenvalue weighted by molar-refractivity contribution is 7.99. The van der Waals surface area contributed by atoms with Gasteiger partial charge < -0.3 is 19.9 Å². The maximum atomic E-state index is 12.5. The minimum atomic E-state index is -0.499. The first-order chi connectivity index (χ1) is 21.6. The molecule has 44 heavy (non-hydrogen) atoms. The van der Waals surface area contributed by atoms with Crippen LogP contribution in [0.4, 0.5) is 0 Å². The lowest BCUT2D eigenvalue weighted by Crippen LogP contribution is -2.31. The van der Waals surface area contributed by atoms with Crippen molar-refractivity contribution in [2.24, 2.45) is 0 Å². The first-order valence-corrected chi connectivity index (χ1v) is 15.8. The molecule has 6 rings (SSSR count). The molecule has 3 atom stereocenters. The third-order valence-electron chi connectivity index (χ3n) is 7.73. The van der Waals surface area contributed by atoms with E-state index < -0.39 is 6.29 Å². The molecule has 1 aliphatic rings. The number of carbonyl (C=O) groups is 1. The van der Waals surface area contributed by atoms with Crippen LogP contribution in [0, 0.1) is 0 Å². The largest absolute Gasteiger partial charge is 0.392 e. The van der Waals surface area contributed by atoms with Gasteiger partial charge in [-0.3, -0.25) is 4.79 Å². The van der Waals surface area contributed by atoms with E-state index in [1.165, 1.54) is 4.90 Å². The summed E-state index contributed by atoms with van der Waals surface area (Å²) in [7, 11) is 0. The van der Waals surface area contributed by atoms with Gasteiger partial charge in [-0.25, -0.2) is 0 Å². The summed E-state index contributed by atoms with van der Waals surface area (Å²) in [5.74, 6) is 0.733. The van der Waals surface area contributed by atoms with Gasteiger partial charge in [-0.1, -0.05) is 103 Å². The molecule has 6 heteroatoms. The Balaban J connectivity index is 1.15. The van der Waals surface area contributed by atoms with Crippen molar-refractivity contribution >= 4 is 17.7 Å². The number of aliphatic hydroxyl groups excluding tert-OH is 1. The summed E-state index contributed by atoms with van der Waals surface area (Å²) in [6, 6.07) is 44.2. The van der Waals surface area contributed by atoms with E-state index in [2.05, 4.69) is 66.0 Å². The highest BCUT2D eigenvalue weighted by Crippen LogP contribution is 2.40. The van der Waals surface area contributed by atoms with E-state index in [9.17, 15) is 9.90 Å². The molecule has 1 fully saturated rings. The second-order valence-electron chi connectivity index (χ2n) is 10.8. The Labute approximate surface area is 262 Å². The van der Waals surface area contributed by atoms with Crippen molar-refractivity contribution in [3.63, 3.8) is 0 Å². The van der Waals surface area contributed by atoms with Gasteiger partial charge in [0.1, 0.15) is 0 Å². The molecule has 1 aliphatic heterocycles. The predicted octanol–water partition coefficient (Wildman–Crippen LogP) is 8.11. The summed E-state index contributed by atoms with van der Waals surface area (Å²) in [4.78, 5) is 13.7. The van der Waals surface area contributed by atoms with Crippen molar-refractivity contribution in [1.29, 1.82) is 0 Å². The van der Waals surface area contributed by atoms with Gasteiger partial charge in [-0.05, 0) is 58.1 Å². The molecule has 0 aromatic heterocycles. The van der Waals surface area contributed by atoms with Gasteiger partial charge >= 0.3 is 0 Å². The number of hydrogen-bond donors (Lipinski definition) is 2. The van der Waals surface area contributed by atoms with Gasteiger partial charge in [0.15, 0.2) is 6.29 Å². The van der Waals surface area contributed by atoms with Gasteiger partial charge in [0, 0.05) is 34.7 Å². The van der Waals surface area contributed by atoms with Crippen molar-refractivity contribution in [3.8, 4) is 11.1 Å². The van der Waals surface area contributed by atoms with Gasteiger partial charge in [0.25, 0.3) is 5.91 Å². The third-order valence-corrected chi connectivity index (χ3v) is 8.87. The van der Waals surface area contributed by atoms with Gasteiger partial charge in [0.05, 0.1) is 18.8 Å². The van der Waals surface area contributed by atoms with Gasteiger partial charge in [0.2, 0.25) is 0 Å². The maximum Gasteiger partial charge on any atom is 0.251 e. The fourth-order valence-electron chi connectivity index (χ4n) is 5.30. The number of benzene rings is 5. The molecule has 1 saturated heterocycles. The lowest BCUT2D eigenvalue weighted by Gasteiger charge is -2.36. The number of hydrogen-bond acceptors (Lipinski definition) is 5. The molecule has 1 heterocycles. The molecule has 0 spiro atoms. The van der Waals surface area contributed by atoms with Crippen LogP contribution in [0.5, 0.6) is 0 Å². The van der Waals surface area contributed by atoms with E-state index in [1.807, 2.05) is 72.8 Å². The zero-order valence-electron chi connectivity index (χ0n) is 24.3. The second kappa shape index (κ2) is 14.5. The predicted molar refractivity (Wildman–Crippen MR) is 175 cm³/mol. The maximum absolute atomic E-state index is 12.5. The fourth-order valence-corrected chi connectivity index (χ4v) is 6.24. The van der Waals surface area contributed by atoms with Gasteiger partial charge in [-0.2, -0.15) is 0 Å². The molecule has 2 N–H and O–H groups in total. The van der Waals surface area contributed by atoms with Crippen LogP contribution in [0.3, 0.4) is 0 Å². The Morgan fingerprint density at radius 1 is 0.727 bits per heavy atom. The van der Waals surface area contributed by atoms with Crippen LogP contribution in [-0.2, 0) is 22.6 Å². The van der Waals surface area contributed by atoms with Crippen molar-refractivity contribution in [3.05, 3.63) is 161 Å². The molecule has 0 saturated carbocycles. The summed E-state index contributed by atoms with van der Waals surface area (Å²) in [6.45, 7) is 0.470. The molecule has 0 bridgehead atoms. The lowest BCUT2D eigenvalue weighted by molar-refractivity contribution is -0.245. The molecule has 3 unspecified atom stereocenters. The smallest absolute Gasteiger partial charge is 0.251 e. The first kappa shape index (κ1) is 29.9. The average Bonchev–Trinajstić information content (AvgIpc) is 3.10. The van der Waals surface area contributed by atoms with Crippen LogP contribution in [-0.4, -0.2) is 22.9 Å². The average molecular weight is 602 g/mol. The summed E-state index contributed by atoms with van der Waals surface area (Å²) < 4.78 is 13.1. The Bertz CT molecular complexity index is 1640. The first-order valence-electron chi connectivity index (χ1n) is 14.9. The molecule has 0 radical (unpaired) electrons. The highest BCUT2D eigenvalue weighted by atomic mass is 32.2. The number of carbonyl (C=O) groups excluding carboxylic acids is 1. The van der Waals surface area contributed by atoms with Crippen molar-refractivity contribution < 1.29 is 19.4 Å². The van der Waals surface area contributed by atoms with Crippen LogP contribution < -0.4 is 5.32 Å².